The summed E-state index contributed by atoms with van der Waals surface area (Å²) in [6, 6.07) is 7.53. The minimum atomic E-state index is -5.08. The molecule has 19 heavy (non-hydrogen) atoms. The van der Waals surface area contributed by atoms with Gasteiger partial charge < -0.3 is 10.8 Å². The molecule has 0 spiro atoms. The van der Waals surface area contributed by atoms with Crippen LogP contribution in [0.15, 0.2) is 30.3 Å². The van der Waals surface area contributed by atoms with Gasteiger partial charge in [0.2, 0.25) is 0 Å². The molecule has 3 amide bonds. The predicted octanol–water partition coefficient (Wildman–Crippen LogP) is 1.13. The summed E-state index contributed by atoms with van der Waals surface area (Å²) in [5.74, 6) is -3.24. The number of carboxylic acids is 1. The second-order valence-electron chi connectivity index (χ2n) is 2.99. The van der Waals surface area contributed by atoms with Crippen molar-refractivity contribution < 1.29 is 32.7 Å². The van der Waals surface area contributed by atoms with Gasteiger partial charge in [0.25, 0.3) is 5.91 Å². The Morgan fingerprint density at radius 3 is 1.84 bits per heavy atom. The maximum Gasteiger partial charge on any atom is 0.490 e. The first-order valence-electron chi connectivity index (χ1n) is 4.60. The maximum atomic E-state index is 11.0. The Morgan fingerprint density at radius 1 is 1.11 bits per heavy atom. The zero-order chi connectivity index (χ0) is 15.1. The molecular weight excluding hydrogens is 269 g/mol. The van der Waals surface area contributed by atoms with Crippen molar-refractivity contribution in [3.8, 4) is 0 Å². The van der Waals surface area contributed by atoms with Gasteiger partial charge in [-0.1, -0.05) is 18.2 Å². The lowest BCUT2D eigenvalue weighted by Crippen LogP contribution is -2.34. The average molecular weight is 278 g/mol. The van der Waals surface area contributed by atoms with E-state index in [-0.39, 0.29) is 0 Å². The van der Waals surface area contributed by atoms with Crippen LogP contribution < -0.4 is 11.1 Å². The molecule has 1 aromatic carbocycles. The molecular formula is C10H9F3N2O4. The summed E-state index contributed by atoms with van der Waals surface area (Å²) >= 11 is 0. The molecule has 0 aromatic heterocycles. The summed E-state index contributed by atoms with van der Waals surface area (Å²) in [5.41, 5.74) is 5.17. The Labute approximate surface area is 105 Å². The van der Waals surface area contributed by atoms with Crippen LogP contribution in [0.2, 0.25) is 0 Å². The predicted molar refractivity (Wildman–Crippen MR) is 57.2 cm³/mol. The van der Waals surface area contributed by atoms with Crippen LogP contribution in [0.25, 0.3) is 0 Å². The number of amides is 3. The zero-order valence-corrected chi connectivity index (χ0v) is 9.27. The summed E-state index contributed by atoms with van der Waals surface area (Å²) in [7, 11) is 0. The number of rotatable bonds is 1. The van der Waals surface area contributed by atoms with Crippen molar-refractivity contribution in [1.29, 1.82) is 0 Å². The Bertz CT molecular complexity index is 460. The number of imide groups is 1. The van der Waals surface area contributed by atoms with Crippen LogP contribution in [0.1, 0.15) is 10.4 Å². The zero-order valence-electron chi connectivity index (χ0n) is 9.27. The first-order valence-corrected chi connectivity index (χ1v) is 4.60. The fourth-order valence-electron chi connectivity index (χ4n) is 0.774. The molecule has 9 heteroatoms. The monoisotopic (exact) mass is 278 g/mol. The van der Waals surface area contributed by atoms with Crippen molar-refractivity contribution in [1.82, 2.24) is 5.32 Å². The number of urea groups is 1. The van der Waals surface area contributed by atoms with Crippen LogP contribution >= 0.6 is 0 Å². The summed E-state index contributed by atoms with van der Waals surface area (Å²) in [4.78, 5) is 30.2. The Hall–Kier alpha value is -2.58. The van der Waals surface area contributed by atoms with E-state index in [2.05, 4.69) is 0 Å². The number of benzene rings is 1. The first-order chi connectivity index (χ1) is 8.64. The van der Waals surface area contributed by atoms with Crippen molar-refractivity contribution in [3.63, 3.8) is 0 Å². The summed E-state index contributed by atoms with van der Waals surface area (Å²) in [6.45, 7) is 0. The number of aliphatic carboxylic acids is 1. The smallest absolute Gasteiger partial charge is 0.475 e. The van der Waals surface area contributed by atoms with Gasteiger partial charge in [-0.2, -0.15) is 13.2 Å². The van der Waals surface area contributed by atoms with Crippen LogP contribution in [-0.4, -0.2) is 29.2 Å². The van der Waals surface area contributed by atoms with Crippen molar-refractivity contribution in [2.75, 3.05) is 0 Å². The van der Waals surface area contributed by atoms with Gasteiger partial charge in [-0.05, 0) is 12.1 Å². The number of nitrogens with one attached hydrogen (secondary N) is 1. The summed E-state index contributed by atoms with van der Waals surface area (Å²) in [6.07, 6.45) is -5.08. The minimum Gasteiger partial charge on any atom is -0.475 e. The van der Waals surface area contributed by atoms with Gasteiger partial charge in [0.15, 0.2) is 0 Å². The second-order valence-corrected chi connectivity index (χ2v) is 2.99. The normalized spacial score (nSPS) is 9.84. The lowest BCUT2D eigenvalue weighted by atomic mass is 10.2. The molecule has 1 aromatic rings. The van der Waals surface area contributed by atoms with Crippen molar-refractivity contribution in [3.05, 3.63) is 35.9 Å². The van der Waals surface area contributed by atoms with Gasteiger partial charge >= 0.3 is 18.2 Å². The van der Waals surface area contributed by atoms with Crippen molar-refractivity contribution in [2.45, 2.75) is 6.18 Å². The van der Waals surface area contributed by atoms with E-state index < -0.39 is 24.1 Å². The van der Waals surface area contributed by atoms with Crippen molar-refractivity contribution >= 4 is 17.9 Å². The summed E-state index contributed by atoms with van der Waals surface area (Å²) in [5, 5.41) is 9.08. The van der Waals surface area contributed by atoms with Gasteiger partial charge in [0.1, 0.15) is 0 Å². The Morgan fingerprint density at radius 2 is 1.53 bits per heavy atom. The highest BCUT2D eigenvalue weighted by Gasteiger charge is 2.38. The molecule has 104 valence electrons. The lowest BCUT2D eigenvalue weighted by Gasteiger charge is -1.98. The third-order valence-electron chi connectivity index (χ3n) is 1.52. The number of carboxylic acid groups (broad SMARTS) is 1. The van der Waals surface area contributed by atoms with E-state index in [9.17, 15) is 22.8 Å². The molecule has 0 aliphatic carbocycles. The van der Waals surface area contributed by atoms with Crippen LogP contribution in [0.4, 0.5) is 18.0 Å². The quantitative estimate of drug-likeness (QED) is 0.715. The number of hydrogen-bond acceptors (Lipinski definition) is 3. The van der Waals surface area contributed by atoms with Gasteiger partial charge in [-0.3, -0.25) is 10.1 Å². The van der Waals surface area contributed by atoms with E-state index in [4.69, 9.17) is 15.6 Å². The SMILES string of the molecule is NC(=O)NC(=O)c1ccccc1.O=C(O)C(F)(F)F. The highest BCUT2D eigenvalue weighted by Crippen LogP contribution is 2.13. The molecule has 6 nitrogen and oxygen atoms in total. The molecule has 0 aliphatic heterocycles. The van der Waals surface area contributed by atoms with Crippen LogP contribution in [0.5, 0.6) is 0 Å². The second kappa shape index (κ2) is 6.99. The first kappa shape index (κ1) is 16.4. The van der Waals surface area contributed by atoms with Crippen LogP contribution in [-0.2, 0) is 4.79 Å². The molecule has 4 N–H and O–H groups in total. The number of nitrogens with two attached hydrogens (primary N) is 1. The molecule has 0 radical (unpaired) electrons. The number of primary amides is 1. The van der Waals surface area contributed by atoms with E-state index in [0.29, 0.717) is 5.56 Å². The molecule has 0 atom stereocenters. The minimum absolute atomic E-state index is 0.413. The van der Waals surface area contributed by atoms with E-state index in [1.807, 2.05) is 5.32 Å². The van der Waals surface area contributed by atoms with E-state index in [0.717, 1.165) is 0 Å². The van der Waals surface area contributed by atoms with Crippen molar-refractivity contribution in [2.24, 2.45) is 5.73 Å². The topological polar surface area (TPSA) is 109 Å². The number of alkyl halides is 3. The van der Waals surface area contributed by atoms with Crippen LogP contribution in [0, 0.1) is 0 Å². The summed E-state index contributed by atoms with van der Waals surface area (Å²) < 4.78 is 31.7. The van der Waals surface area contributed by atoms with Gasteiger partial charge in [-0.15, -0.1) is 0 Å². The fourth-order valence-corrected chi connectivity index (χ4v) is 0.774. The Kier molecular flexibility index (Phi) is 6.04. The molecule has 0 saturated carbocycles. The highest BCUT2D eigenvalue weighted by atomic mass is 19.4. The number of carbonyl (C=O) groups is 3. The third kappa shape index (κ3) is 7.36. The molecule has 1 rings (SSSR count). The molecule has 0 bridgehead atoms. The molecule has 0 saturated heterocycles. The average Bonchev–Trinajstić information content (AvgIpc) is 2.28. The van der Waals surface area contributed by atoms with Crippen LogP contribution in [0.3, 0.4) is 0 Å². The van der Waals surface area contributed by atoms with E-state index in [1.54, 1.807) is 30.3 Å². The van der Waals surface area contributed by atoms with Gasteiger partial charge in [0, 0.05) is 5.56 Å². The number of halogens is 3. The fraction of sp³-hybridized carbons (Fsp3) is 0.100. The molecule has 0 aliphatic rings. The lowest BCUT2D eigenvalue weighted by molar-refractivity contribution is -0.192. The maximum absolute atomic E-state index is 11.0. The number of carbonyl (C=O) groups excluding carboxylic acids is 2. The largest absolute Gasteiger partial charge is 0.490 e. The number of hydrogen-bond donors (Lipinski definition) is 3. The molecule has 0 unspecified atom stereocenters. The van der Waals surface area contributed by atoms with E-state index >= 15 is 0 Å². The molecule has 0 fully saturated rings. The standard InChI is InChI=1S/C8H8N2O2.C2HF3O2/c9-8(12)10-7(11)6-4-2-1-3-5-6;3-2(4,5)1(6)7/h1-5H,(H3,9,10,11,12);(H,6,7). The third-order valence-corrected chi connectivity index (χ3v) is 1.52. The van der Waals surface area contributed by atoms with E-state index in [1.165, 1.54) is 0 Å². The molecule has 0 heterocycles. The Balaban J connectivity index is 0.000000399. The van der Waals surface area contributed by atoms with Gasteiger partial charge in [-0.25, -0.2) is 9.59 Å². The van der Waals surface area contributed by atoms with Gasteiger partial charge in [0.05, 0.1) is 0 Å². The highest BCUT2D eigenvalue weighted by molar-refractivity contribution is 6.03.